The second-order valence-electron chi connectivity index (χ2n) is 3.51. The third-order valence-electron chi connectivity index (χ3n) is 2.36. The molecule has 0 spiro atoms. The van der Waals surface area contributed by atoms with Gasteiger partial charge >= 0.3 is 0 Å². The Balaban J connectivity index is 2.71. The topological polar surface area (TPSA) is 26.0 Å². The Morgan fingerprint density at radius 1 is 1.14 bits per heavy atom. The van der Waals surface area contributed by atoms with Gasteiger partial charge in [0.05, 0.1) is 0 Å². The molecule has 0 saturated carbocycles. The Labute approximate surface area is 88.5 Å². The highest BCUT2D eigenvalue weighted by Crippen LogP contribution is 2.27. The predicted octanol–water partition coefficient (Wildman–Crippen LogP) is 3.51. The van der Waals surface area contributed by atoms with Crippen LogP contribution in [-0.2, 0) is 0 Å². The Morgan fingerprint density at radius 3 is 2.29 bits per heavy atom. The van der Waals surface area contributed by atoms with Gasteiger partial charge in [-0.05, 0) is 35.4 Å². The second kappa shape index (κ2) is 3.60. The molecule has 72 valence electrons. The zero-order valence-electron chi connectivity index (χ0n) is 8.00. The highest BCUT2D eigenvalue weighted by Gasteiger charge is 2.06. The fourth-order valence-electron chi connectivity index (χ4n) is 1.58. The third-order valence-corrected chi connectivity index (χ3v) is 2.68. The van der Waals surface area contributed by atoms with E-state index in [1.807, 2.05) is 31.2 Å². The monoisotopic (exact) mass is 205 g/mol. The van der Waals surface area contributed by atoms with Crippen LogP contribution in [0.25, 0.3) is 10.8 Å². The van der Waals surface area contributed by atoms with Gasteiger partial charge in [-0.3, -0.25) is 0 Å². The van der Waals surface area contributed by atoms with Crippen molar-refractivity contribution in [3.8, 4) is 0 Å². The van der Waals surface area contributed by atoms with E-state index in [9.17, 15) is 0 Å². The first-order chi connectivity index (χ1) is 6.68. The van der Waals surface area contributed by atoms with Crippen LogP contribution in [0.2, 0.25) is 5.02 Å². The summed E-state index contributed by atoms with van der Waals surface area (Å²) >= 11 is 6.12. The van der Waals surface area contributed by atoms with Crippen molar-refractivity contribution in [1.29, 1.82) is 0 Å². The second-order valence-corrected chi connectivity index (χ2v) is 3.92. The van der Waals surface area contributed by atoms with Gasteiger partial charge < -0.3 is 5.73 Å². The van der Waals surface area contributed by atoms with E-state index in [2.05, 4.69) is 12.1 Å². The summed E-state index contributed by atoms with van der Waals surface area (Å²) in [5, 5.41) is 3.09. The molecular weight excluding hydrogens is 194 g/mol. The summed E-state index contributed by atoms with van der Waals surface area (Å²) in [7, 11) is 0. The van der Waals surface area contributed by atoms with Crippen molar-refractivity contribution in [2.75, 3.05) is 0 Å². The average molecular weight is 206 g/mol. The molecule has 0 amide bonds. The minimum atomic E-state index is -0.0212. The highest BCUT2D eigenvalue weighted by molar-refractivity contribution is 6.32. The first-order valence-electron chi connectivity index (χ1n) is 4.62. The number of hydrogen-bond acceptors (Lipinski definition) is 1. The maximum absolute atomic E-state index is 6.12. The molecule has 1 nitrogen and oxygen atoms in total. The van der Waals surface area contributed by atoms with Crippen LogP contribution in [-0.4, -0.2) is 0 Å². The van der Waals surface area contributed by atoms with Gasteiger partial charge in [0, 0.05) is 11.1 Å². The minimum Gasteiger partial charge on any atom is -0.324 e. The molecule has 0 saturated heterocycles. The summed E-state index contributed by atoms with van der Waals surface area (Å²) in [4.78, 5) is 0. The van der Waals surface area contributed by atoms with Gasteiger partial charge in [0.1, 0.15) is 0 Å². The molecule has 0 aliphatic heterocycles. The molecule has 1 unspecified atom stereocenters. The molecule has 1 atom stereocenters. The predicted molar refractivity (Wildman–Crippen MR) is 61.6 cm³/mol. The van der Waals surface area contributed by atoms with Crippen LogP contribution in [0.3, 0.4) is 0 Å². The molecule has 0 bridgehead atoms. The van der Waals surface area contributed by atoms with Gasteiger partial charge in [-0.1, -0.05) is 35.9 Å². The van der Waals surface area contributed by atoms with E-state index in [-0.39, 0.29) is 6.04 Å². The van der Waals surface area contributed by atoms with Crippen LogP contribution in [0.15, 0.2) is 36.4 Å². The lowest BCUT2D eigenvalue weighted by molar-refractivity contribution is 0.820. The van der Waals surface area contributed by atoms with Crippen LogP contribution >= 0.6 is 11.6 Å². The molecule has 2 N–H and O–H groups in total. The van der Waals surface area contributed by atoms with Crippen molar-refractivity contribution in [2.45, 2.75) is 13.0 Å². The van der Waals surface area contributed by atoms with E-state index >= 15 is 0 Å². The molecule has 2 aromatic carbocycles. The highest BCUT2D eigenvalue weighted by atomic mass is 35.5. The number of fused-ring (bicyclic) bond motifs is 1. The summed E-state index contributed by atoms with van der Waals surface area (Å²) in [6, 6.07) is 12.1. The van der Waals surface area contributed by atoms with Crippen LogP contribution in [0.1, 0.15) is 18.5 Å². The van der Waals surface area contributed by atoms with Crippen LogP contribution in [0.4, 0.5) is 0 Å². The minimum absolute atomic E-state index is 0.0212. The van der Waals surface area contributed by atoms with Gasteiger partial charge in [-0.15, -0.1) is 0 Å². The molecule has 2 aromatic rings. The van der Waals surface area contributed by atoms with Gasteiger partial charge in [0.2, 0.25) is 0 Å². The molecule has 0 aliphatic rings. The van der Waals surface area contributed by atoms with Crippen molar-refractivity contribution >= 4 is 22.4 Å². The van der Waals surface area contributed by atoms with Gasteiger partial charge in [0.25, 0.3) is 0 Å². The van der Waals surface area contributed by atoms with E-state index in [0.717, 1.165) is 16.0 Å². The molecule has 0 aromatic heterocycles. The van der Waals surface area contributed by atoms with Crippen molar-refractivity contribution in [2.24, 2.45) is 5.73 Å². The van der Waals surface area contributed by atoms with Crippen LogP contribution in [0, 0.1) is 0 Å². The first-order valence-corrected chi connectivity index (χ1v) is 5.00. The zero-order chi connectivity index (χ0) is 10.1. The molecule has 2 rings (SSSR count). The van der Waals surface area contributed by atoms with Gasteiger partial charge in [-0.2, -0.15) is 0 Å². The normalized spacial score (nSPS) is 13.1. The fourth-order valence-corrected chi connectivity index (χ4v) is 1.92. The maximum Gasteiger partial charge on any atom is 0.0460 e. The lowest BCUT2D eigenvalue weighted by Crippen LogP contribution is -2.05. The van der Waals surface area contributed by atoms with Crippen molar-refractivity contribution < 1.29 is 0 Å². The van der Waals surface area contributed by atoms with Gasteiger partial charge in [0.15, 0.2) is 0 Å². The van der Waals surface area contributed by atoms with E-state index in [0.29, 0.717) is 0 Å². The quantitative estimate of drug-likeness (QED) is 0.758. The van der Waals surface area contributed by atoms with E-state index in [4.69, 9.17) is 17.3 Å². The Bertz CT molecular complexity index is 463. The molecule has 0 heterocycles. The zero-order valence-corrected chi connectivity index (χ0v) is 8.75. The van der Waals surface area contributed by atoms with E-state index in [1.54, 1.807) is 0 Å². The number of benzene rings is 2. The average Bonchev–Trinajstić information content (AvgIpc) is 2.16. The number of rotatable bonds is 1. The third kappa shape index (κ3) is 1.61. The standard InChI is InChI=1S/C12H12ClN/c1-8(14)11-6-9-4-2-3-5-10(9)7-12(11)13/h2-8H,14H2,1H3. The van der Waals surface area contributed by atoms with Gasteiger partial charge in [-0.25, -0.2) is 0 Å². The maximum atomic E-state index is 6.12. The summed E-state index contributed by atoms with van der Waals surface area (Å²) in [5.41, 5.74) is 6.83. The summed E-state index contributed by atoms with van der Waals surface area (Å²) in [6.45, 7) is 1.94. The molecule has 2 heteroatoms. The van der Waals surface area contributed by atoms with E-state index in [1.165, 1.54) is 5.39 Å². The van der Waals surface area contributed by atoms with E-state index < -0.39 is 0 Å². The summed E-state index contributed by atoms with van der Waals surface area (Å²) in [6.07, 6.45) is 0. The largest absolute Gasteiger partial charge is 0.324 e. The number of nitrogens with two attached hydrogens (primary N) is 1. The Morgan fingerprint density at radius 2 is 1.71 bits per heavy atom. The number of halogens is 1. The molecule has 0 aliphatic carbocycles. The first kappa shape index (κ1) is 9.50. The Kier molecular flexibility index (Phi) is 2.44. The molecule has 0 radical (unpaired) electrons. The summed E-state index contributed by atoms with van der Waals surface area (Å²) < 4.78 is 0. The molecular formula is C12H12ClN. The lowest BCUT2D eigenvalue weighted by Gasteiger charge is -2.09. The molecule has 0 fully saturated rings. The van der Waals surface area contributed by atoms with Crippen molar-refractivity contribution in [1.82, 2.24) is 0 Å². The SMILES string of the molecule is CC(N)c1cc2ccccc2cc1Cl. The van der Waals surface area contributed by atoms with Crippen LogP contribution in [0.5, 0.6) is 0 Å². The smallest absolute Gasteiger partial charge is 0.0460 e. The van der Waals surface area contributed by atoms with Crippen LogP contribution < -0.4 is 5.73 Å². The lowest BCUT2D eigenvalue weighted by atomic mass is 10.0. The number of hydrogen-bond donors (Lipinski definition) is 1. The van der Waals surface area contributed by atoms with Crippen molar-refractivity contribution in [3.05, 3.63) is 47.0 Å². The Hall–Kier alpha value is -1.05. The summed E-state index contributed by atoms with van der Waals surface area (Å²) in [5.74, 6) is 0. The fraction of sp³-hybridized carbons (Fsp3) is 0.167. The van der Waals surface area contributed by atoms with Crippen molar-refractivity contribution in [3.63, 3.8) is 0 Å². The molecule has 14 heavy (non-hydrogen) atoms.